The molecule has 0 spiro atoms. The van der Waals surface area contributed by atoms with E-state index < -0.39 is 5.82 Å². The first-order valence-corrected chi connectivity index (χ1v) is 5.91. The van der Waals surface area contributed by atoms with Crippen LogP contribution in [0, 0.1) is 5.82 Å². The van der Waals surface area contributed by atoms with E-state index in [0.717, 1.165) is 17.1 Å². The fraction of sp³-hybridized carbons (Fsp3) is 0.214. The van der Waals surface area contributed by atoms with E-state index >= 15 is 0 Å². The largest absolute Gasteiger partial charge is 0.505 e. The molecule has 19 heavy (non-hydrogen) atoms. The normalized spacial score (nSPS) is 10.3. The number of nitrogens with one attached hydrogen (secondary N) is 1. The summed E-state index contributed by atoms with van der Waals surface area (Å²) in [5.74, 6) is -0.126. The van der Waals surface area contributed by atoms with Gasteiger partial charge in [-0.05, 0) is 29.8 Å². The average molecular weight is 261 g/mol. The van der Waals surface area contributed by atoms with E-state index in [4.69, 9.17) is 5.11 Å². The molecule has 0 aliphatic heterocycles. The molecule has 1 aromatic heterocycles. The van der Waals surface area contributed by atoms with Crippen molar-refractivity contribution in [2.24, 2.45) is 0 Å². The number of hydrogen-bond acceptors (Lipinski definition) is 4. The molecule has 0 saturated heterocycles. The van der Waals surface area contributed by atoms with Crippen molar-refractivity contribution in [1.29, 1.82) is 0 Å². The van der Waals surface area contributed by atoms with E-state index in [0.29, 0.717) is 6.54 Å². The van der Waals surface area contributed by atoms with E-state index in [2.05, 4.69) is 10.3 Å². The van der Waals surface area contributed by atoms with Gasteiger partial charge in [0, 0.05) is 26.8 Å². The molecule has 2 aromatic rings. The van der Waals surface area contributed by atoms with Crippen LogP contribution in [-0.2, 0) is 6.54 Å². The second-order valence-electron chi connectivity index (χ2n) is 4.41. The summed E-state index contributed by atoms with van der Waals surface area (Å²) in [6, 6.07) is 8.10. The smallest absolute Gasteiger partial charge is 0.165 e. The Kier molecular flexibility index (Phi) is 3.85. The monoisotopic (exact) mass is 261 g/mol. The van der Waals surface area contributed by atoms with Crippen LogP contribution in [0.3, 0.4) is 0 Å². The summed E-state index contributed by atoms with van der Waals surface area (Å²) < 4.78 is 13.2. The lowest BCUT2D eigenvalue weighted by Crippen LogP contribution is -2.13. The van der Waals surface area contributed by atoms with Crippen LogP contribution in [0.4, 0.5) is 15.9 Å². The molecule has 0 aliphatic carbocycles. The summed E-state index contributed by atoms with van der Waals surface area (Å²) in [5.41, 5.74) is 1.63. The van der Waals surface area contributed by atoms with Crippen LogP contribution in [0.2, 0.25) is 0 Å². The Morgan fingerprint density at radius 2 is 2.11 bits per heavy atom. The molecule has 0 saturated carbocycles. The SMILES string of the molecule is CN(C)c1ncccc1NCc1ccc(O)c(F)c1. The number of rotatable bonds is 4. The Morgan fingerprint density at radius 3 is 2.79 bits per heavy atom. The lowest BCUT2D eigenvalue weighted by molar-refractivity contribution is 0.432. The topological polar surface area (TPSA) is 48.4 Å². The Hall–Kier alpha value is -2.30. The first-order chi connectivity index (χ1) is 9.08. The van der Waals surface area contributed by atoms with Crippen molar-refractivity contribution < 1.29 is 9.50 Å². The fourth-order valence-corrected chi connectivity index (χ4v) is 1.75. The second kappa shape index (κ2) is 5.56. The van der Waals surface area contributed by atoms with Crippen molar-refractivity contribution >= 4 is 11.5 Å². The zero-order chi connectivity index (χ0) is 13.8. The molecule has 0 amide bonds. The third-order valence-corrected chi connectivity index (χ3v) is 2.71. The first-order valence-electron chi connectivity index (χ1n) is 5.91. The molecular formula is C14H16FN3O. The number of hydrogen-bond donors (Lipinski definition) is 2. The van der Waals surface area contributed by atoms with E-state index in [1.165, 1.54) is 12.1 Å². The van der Waals surface area contributed by atoms with E-state index in [-0.39, 0.29) is 5.75 Å². The van der Waals surface area contributed by atoms with Crippen LogP contribution >= 0.6 is 0 Å². The number of pyridine rings is 1. The number of halogens is 1. The number of aromatic hydroxyl groups is 1. The lowest BCUT2D eigenvalue weighted by atomic mass is 10.2. The van der Waals surface area contributed by atoms with Gasteiger partial charge in [0.25, 0.3) is 0 Å². The number of aromatic nitrogens is 1. The minimum atomic E-state index is -0.613. The molecule has 5 heteroatoms. The summed E-state index contributed by atoms with van der Waals surface area (Å²) in [5, 5.41) is 12.3. The van der Waals surface area contributed by atoms with Crippen molar-refractivity contribution in [2.45, 2.75) is 6.54 Å². The van der Waals surface area contributed by atoms with Gasteiger partial charge in [0.15, 0.2) is 17.4 Å². The van der Waals surface area contributed by atoms with Gasteiger partial charge < -0.3 is 15.3 Å². The molecule has 1 heterocycles. The highest BCUT2D eigenvalue weighted by Gasteiger charge is 2.06. The van der Waals surface area contributed by atoms with Gasteiger partial charge in [0.05, 0.1) is 5.69 Å². The number of anilines is 2. The minimum Gasteiger partial charge on any atom is -0.505 e. The summed E-state index contributed by atoms with van der Waals surface area (Å²) in [4.78, 5) is 6.17. The summed E-state index contributed by atoms with van der Waals surface area (Å²) >= 11 is 0. The van der Waals surface area contributed by atoms with Crippen LogP contribution in [0.5, 0.6) is 5.75 Å². The number of phenols is 1. The molecule has 0 unspecified atom stereocenters. The zero-order valence-corrected chi connectivity index (χ0v) is 10.9. The standard InChI is InChI=1S/C14H16FN3O/c1-18(2)14-12(4-3-7-16-14)17-9-10-5-6-13(19)11(15)8-10/h3-8,17,19H,9H2,1-2H3. The van der Waals surface area contributed by atoms with Gasteiger partial charge >= 0.3 is 0 Å². The van der Waals surface area contributed by atoms with Gasteiger partial charge in [-0.2, -0.15) is 0 Å². The van der Waals surface area contributed by atoms with E-state index in [1.54, 1.807) is 12.3 Å². The highest BCUT2D eigenvalue weighted by molar-refractivity contribution is 5.64. The van der Waals surface area contributed by atoms with Gasteiger partial charge in [0.1, 0.15) is 0 Å². The lowest BCUT2D eigenvalue weighted by Gasteiger charge is -2.17. The van der Waals surface area contributed by atoms with Crippen LogP contribution in [-0.4, -0.2) is 24.2 Å². The number of nitrogens with zero attached hydrogens (tertiary/aromatic N) is 2. The number of benzene rings is 1. The first kappa shape index (κ1) is 13.1. The predicted molar refractivity (Wildman–Crippen MR) is 74.0 cm³/mol. The third-order valence-electron chi connectivity index (χ3n) is 2.71. The highest BCUT2D eigenvalue weighted by atomic mass is 19.1. The maximum Gasteiger partial charge on any atom is 0.165 e. The van der Waals surface area contributed by atoms with Crippen molar-refractivity contribution in [3.05, 3.63) is 47.9 Å². The average Bonchev–Trinajstić information content (AvgIpc) is 2.40. The maximum absolute atomic E-state index is 13.2. The predicted octanol–water partition coefficient (Wildman–Crippen LogP) is 2.60. The Labute approximate surface area is 111 Å². The fourth-order valence-electron chi connectivity index (χ4n) is 1.75. The molecular weight excluding hydrogens is 245 g/mol. The molecule has 0 fully saturated rings. The van der Waals surface area contributed by atoms with Crippen molar-refractivity contribution in [1.82, 2.24) is 4.98 Å². The summed E-state index contributed by atoms with van der Waals surface area (Å²) in [7, 11) is 3.82. The second-order valence-corrected chi connectivity index (χ2v) is 4.41. The van der Waals surface area contributed by atoms with Crippen LogP contribution in [0.1, 0.15) is 5.56 Å². The Bertz CT molecular complexity index is 572. The zero-order valence-electron chi connectivity index (χ0n) is 10.9. The maximum atomic E-state index is 13.2. The van der Waals surface area contributed by atoms with Gasteiger partial charge in [-0.1, -0.05) is 6.07 Å². The molecule has 2 N–H and O–H groups in total. The van der Waals surface area contributed by atoms with Crippen LogP contribution in [0.15, 0.2) is 36.5 Å². The van der Waals surface area contributed by atoms with Crippen LogP contribution in [0.25, 0.3) is 0 Å². The van der Waals surface area contributed by atoms with E-state index in [1.807, 2.05) is 31.1 Å². The van der Waals surface area contributed by atoms with Crippen molar-refractivity contribution in [3.8, 4) is 5.75 Å². The summed E-state index contributed by atoms with van der Waals surface area (Å²) in [6.07, 6.45) is 1.72. The highest BCUT2D eigenvalue weighted by Crippen LogP contribution is 2.22. The molecule has 0 bridgehead atoms. The van der Waals surface area contributed by atoms with Crippen molar-refractivity contribution in [2.75, 3.05) is 24.3 Å². The molecule has 2 rings (SSSR count). The minimum absolute atomic E-state index is 0.334. The molecule has 0 radical (unpaired) electrons. The molecule has 4 nitrogen and oxygen atoms in total. The molecule has 0 atom stereocenters. The third kappa shape index (κ3) is 3.13. The number of phenolic OH excluding ortho intramolecular Hbond substituents is 1. The van der Waals surface area contributed by atoms with Crippen molar-refractivity contribution in [3.63, 3.8) is 0 Å². The van der Waals surface area contributed by atoms with Gasteiger partial charge in [0.2, 0.25) is 0 Å². The van der Waals surface area contributed by atoms with Gasteiger partial charge in [-0.3, -0.25) is 0 Å². The quantitative estimate of drug-likeness (QED) is 0.888. The molecule has 1 aromatic carbocycles. The summed E-state index contributed by atoms with van der Waals surface area (Å²) in [6.45, 7) is 0.462. The Balaban J connectivity index is 2.12. The Morgan fingerprint density at radius 1 is 1.32 bits per heavy atom. The molecule has 0 aliphatic rings. The molecule has 100 valence electrons. The van der Waals surface area contributed by atoms with Gasteiger partial charge in [-0.15, -0.1) is 0 Å². The van der Waals surface area contributed by atoms with Gasteiger partial charge in [-0.25, -0.2) is 9.37 Å². The van der Waals surface area contributed by atoms with Crippen LogP contribution < -0.4 is 10.2 Å². The van der Waals surface area contributed by atoms with E-state index in [9.17, 15) is 4.39 Å².